The van der Waals surface area contributed by atoms with Gasteiger partial charge in [0.15, 0.2) is 0 Å². The monoisotopic (exact) mass is 808 g/mol. The van der Waals surface area contributed by atoms with E-state index in [9.17, 15) is 0 Å². The van der Waals surface area contributed by atoms with Crippen LogP contribution in [0.25, 0.3) is 43.4 Å². The molecule has 0 radical (unpaired) electrons. The van der Waals surface area contributed by atoms with Crippen LogP contribution in [0.5, 0.6) is 0 Å². The first kappa shape index (κ1) is 38.8. The van der Waals surface area contributed by atoms with Crippen LogP contribution in [0.4, 0.5) is 0 Å². The second-order valence-corrected chi connectivity index (χ2v) is 23.9. The predicted octanol–water partition coefficient (Wildman–Crippen LogP) is 15.0. The van der Waals surface area contributed by atoms with Crippen LogP contribution >= 0.6 is 17.0 Å². The summed E-state index contributed by atoms with van der Waals surface area (Å²) in [5.41, 5.74) is 9.45. The molecule has 8 aromatic carbocycles. The quantitative estimate of drug-likeness (QED) is 0.156. The summed E-state index contributed by atoms with van der Waals surface area (Å²) in [6.07, 6.45) is 0. The molecule has 53 heavy (non-hydrogen) atoms. The molecule has 0 saturated carbocycles. The fourth-order valence-corrected chi connectivity index (χ4v) is 11.3. The van der Waals surface area contributed by atoms with Gasteiger partial charge in [-0.2, -0.15) is 6.07 Å². The summed E-state index contributed by atoms with van der Waals surface area (Å²) in [7, 11) is 12.5. The molecule has 0 amide bonds. The van der Waals surface area contributed by atoms with Crippen molar-refractivity contribution in [3.8, 4) is 11.1 Å². The summed E-state index contributed by atoms with van der Waals surface area (Å²) in [6, 6.07) is 58.0. The van der Waals surface area contributed by atoms with Gasteiger partial charge in [0.05, 0.1) is 0 Å². The molecule has 0 spiro atoms. The van der Waals surface area contributed by atoms with Crippen molar-refractivity contribution in [2.24, 2.45) is 0 Å². The second kappa shape index (κ2) is 16.7. The predicted molar refractivity (Wildman–Crippen MR) is 232 cm³/mol. The standard InChI is InChI=1S/C21H25.C16H13.C13H10.2ClH.Zr/c1-20(2,3)16-7-9-18-14(12-16)11-15-13-17(21(4,5)6)8-10-19(15)18;1-12-10-14-8-5-9-15(16(14)11-12)13-6-3-2-4-7-13;1-3-7-12(8-4-1)11-13-9-5-2-6-10-13;;;/h7-13H,1-6H3;2-11H,1H3;1-10H;2*1H;/q2*-1;;;;+2/p-2. The molecule has 268 valence electrons. The van der Waals surface area contributed by atoms with E-state index < -0.39 is 18.9 Å². The van der Waals surface area contributed by atoms with Crippen molar-refractivity contribution < 1.29 is 18.9 Å². The van der Waals surface area contributed by atoms with Crippen LogP contribution in [0.15, 0.2) is 164 Å². The van der Waals surface area contributed by atoms with Gasteiger partial charge in [-0.15, -0.1) is 74.3 Å². The second-order valence-electron chi connectivity index (χ2n) is 15.8. The minimum absolute atomic E-state index is 0.203. The van der Waals surface area contributed by atoms with Crippen molar-refractivity contribution in [3.63, 3.8) is 0 Å². The maximum absolute atomic E-state index is 6.24. The van der Waals surface area contributed by atoms with E-state index >= 15 is 0 Å². The van der Waals surface area contributed by atoms with Crippen LogP contribution in [0.1, 0.15) is 69.4 Å². The zero-order chi connectivity index (χ0) is 37.8. The Morgan fingerprint density at radius 3 is 1.40 bits per heavy atom. The van der Waals surface area contributed by atoms with Crippen molar-refractivity contribution in [1.29, 1.82) is 0 Å². The summed E-state index contributed by atoms with van der Waals surface area (Å²) in [5, 5.41) is 8.16. The third-order valence-electron chi connectivity index (χ3n) is 9.73. The summed E-state index contributed by atoms with van der Waals surface area (Å²) < 4.78 is 1.15. The van der Waals surface area contributed by atoms with E-state index in [0.29, 0.717) is 0 Å². The number of fused-ring (bicyclic) bond motifs is 4. The Kier molecular flexibility index (Phi) is 12.2. The van der Waals surface area contributed by atoms with Crippen molar-refractivity contribution in [3.05, 3.63) is 192 Å². The topological polar surface area (TPSA) is 0 Å². The van der Waals surface area contributed by atoms with Gasteiger partial charge in [0, 0.05) is 0 Å². The zero-order valence-corrected chi connectivity index (χ0v) is 35.8. The Balaban J connectivity index is 0.000000138. The fraction of sp³-hybridized carbons (Fsp3) is 0.180. The Morgan fingerprint density at radius 1 is 0.472 bits per heavy atom. The van der Waals surface area contributed by atoms with Gasteiger partial charge in [-0.1, -0.05) is 126 Å². The van der Waals surface area contributed by atoms with Crippen LogP contribution in [-0.2, 0) is 29.7 Å². The molecule has 0 atom stereocenters. The van der Waals surface area contributed by atoms with Crippen LogP contribution in [0.3, 0.4) is 0 Å². The molecular formula is C50H48Cl2Zr-2. The Bertz CT molecular complexity index is 2360. The number of hydrogen-bond acceptors (Lipinski definition) is 0. The molecule has 8 rings (SSSR count). The number of rotatable bonds is 3. The van der Waals surface area contributed by atoms with E-state index in [0.717, 1.165) is 14.3 Å². The molecule has 0 saturated heterocycles. The molecular weight excluding hydrogens is 763 g/mol. The van der Waals surface area contributed by atoms with Crippen molar-refractivity contribution >= 4 is 52.5 Å². The molecule has 0 N–H and O–H groups in total. The molecule has 0 aliphatic heterocycles. The normalized spacial score (nSPS) is 11.5. The first-order valence-corrected chi connectivity index (χ1v) is 25.9. The van der Waals surface area contributed by atoms with Crippen LogP contribution in [0.2, 0.25) is 0 Å². The summed E-state index contributed by atoms with van der Waals surface area (Å²) in [6.45, 7) is 15.8. The molecule has 0 heterocycles. The fourth-order valence-electron chi connectivity index (χ4n) is 6.80. The number of halogens is 2. The summed E-state index contributed by atoms with van der Waals surface area (Å²) in [4.78, 5) is 0. The minimum atomic E-state index is -2.44. The molecule has 0 nitrogen and oxygen atoms in total. The number of aryl methyl sites for hydroxylation is 1. The SMILES string of the molecule is CC(C)(C)c1ccc2c(c1)[cH-]c1cc(C(C)(C)C)ccc12.Cc1cc2c(-c3ccccc3)cccc2[cH-]1.[Cl][Zr]([Cl])=[C](c1ccccc1)c1ccccc1. The van der Waals surface area contributed by atoms with E-state index in [-0.39, 0.29) is 10.8 Å². The molecule has 8 aromatic rings. The van der Waals surface area contributed by atoms with Crippen molar-refractivity contribution in [2.75, 3.05) is 0 Å². The van der Waals surface area contributed by atoms with Gasteiger partial charge < -0.3 is 0 Å². The van der Waals surface area contributed by atoms with Crippen molar-refractivity contribution in [2.45, 2.75) is 59.3 Å². The molecule has 0 unspecified atom stereocenters. The Hall–Kier alpha value is -3.87. The third kappa shape index (κ3) is 9.45. The van der Waals surface area contributed by atoms with E-state index in [1.165, 1.54) is 60.1 Å². The van der Waals surface area contributed by atoms with Gasteiger partial charge in [-0.3, -0.25) is 0 Å². The van der Waals surface area contributed by atoms with Crippen LogP contribution in [0, 0.1) is 6.92 Å². The maximum atomic E-state index is 6.24. The zero-order valence-electron chi connectivity index (χ0n) is 31.8. The summed E-state index contributed by atoms with van der Waals surface area (Å²) >= 11 is -2.44. The van der Waals surface area contributed by atoms with Gasteiger partial charge in [0.1, 0.15) is 0 Å². The van der Waals surface area contributed by atoms with Gasteiger partial charge in [0.2, 0.25) is 0 Å². The van der Waals surface area contributed by atoms with E-state index in [2.05, 4.69) is 176 Å². The first-order valence-electron chi connectivity index (χ1n) is 18.3. The van der Waals surface area contributed by atoms with E-state index in [1.54, 1.807) is 0 Å². The van der Waals surface area contributed by atoms with Gasteiger partial charge in [-0.05, 0) is 16.4 Å². The average Bonchev–Trinajstić information content (AvgIpc) is 3.71. The molecule has 0 bridgehead atoms. The molecule has 0 aliphatic carbocycles. The number of benzene rings is 6. The van der Waals surface area contributed by atoms with Crippen LogP contribution < -0.4 is 0 Å². The van der Waals surface area contributed by atoms with Crippen molar-refractivity contribution in [1.82, 2.24) is 0 Å². The van der Waals surface area contributed by atoms with E-state index in [1.807, 2.05) is 36.4 Å². The summed E-state index contributed by atoms with van der Waals surface area (Å²) in [5.74, 6) is 0. The molecule has 0 fully saturated rings. The Morgan fingerprint density at radius 2 is 0.943 bits per heavy atom. The van der Waals surface area contributed by atoms with Gasteiger partial charge in [-0.25, -0.2) is 0 Å². The first-order chi connectivity index (χ1) is 25.3. The molecule has 0 aliphatic rings. The third-order valence-corrected chi connectivity index (χ3v) is 14.3. The molecule has 3 heteroatoms. The number of hydrogen-bond donors (Lipinski definition) is 0. The average molecular weight is 811 g/mol. The Labute approximate surface area is 331 Å². The van der Waals surface area contributed by atoms with Gasteiger partial charge in [0.25, 0.3) is 0 Å². The van der Waals surface area contributed by atoms with Crippen LogP contribution in [-0.4, -0.2) is 3.21 Å². The van der Waals surface area contributed by atoms with E-state index in [4.69, 9.17) is 17.0 Å². The molecule has 0 aromatic heterocycles. The van der Waals surface area contributed by atoms with Gasteiger partial charge >= 0.3 is 111 Å².